The van der Waals surface area contributed by atoms with Crippen molar-refractivity contribution in [2.75, 3.05) is 26.3 Å². The van der Waals surface area contributed by atoms with Gasteiger partial charge in [0.2, 0.25) is 0 Å². The molecule has 1 saturated heterocycles. The minimum Gasteiger partial charge on any atom is -0.378 e. The van der Waals surface area contributed by atoms with Crippen molar-refractivity contribution in [3.05, 3.63) is 34.6 Å². The third-order valence-corrected chi connectivity index (χ3v) is 3.78. The van der Waals surface area contributed by atoms with Crippen LogP contribution >= 0.6 is 15.9 Å². The monoisotopic (exact) mass is 337 g/mol. The van der Waals surface area contributed by atoms with E-state index in [9.17, 15) is 4.79 Å². The van der Waals surface area contributed by atoms with Gasteiger partial charge in [-0.2, -0.15) is 0 Å². The lowest BCUT2D eigenvalue weighted by Gasteiger charge is -2.27. The van der Waals surface area contributed by atoms with Crippen LogP contribution in [0.1, 0.15) is 10.4 Å². The fourth-order valence-electron chi connectivity index (χ4n) is 2.04. The Bertz CT molecular complexity index is 610. The Morgan fingerprint density at radius 1 is 1.30 bits per heavy atom. The predicted molar refractivity (Wildman–Crippen MR) is 73.6 cm³/mol. The van der Waals surface area contributed by atoms with Crippen LogP contribution in [0.4, 0.5) is 0 Å². The van der Waals surface area contributed by atoms with Crippen molar-refractivity contribution in [2.45, 2.75) is 0 Å². The van der Waals surface area contributed by atoms with Crippen LogP contribution in [0.15, 0.2) is 29.0 Å². The quantitative estimate of drug-likeness (QED) is 0.813. The highest BCUT2D eigenvalue weighted by atomic mass is 79.9. The van der Waals surface area contributed by atoms with Crippen LogP contribution < -0.4 is 0 Å². The van der Waals surface area contributed by atoms with E-state index in [1.54, 1.807) is 11.0 Å². The molecule has 104 valence electrons. The summed E-state index contributed by atoms with van der Waals surface area (Å²) in [5.74, 6) is -0.0184. The first-order chi connectivity index (χ1) is 9.75. The van der Waals surface area contributed by atoms with Gasteiger partial charge in [-0.15, -0.1) is 5.10 Å². The van der Waals surface area contributed by atoms with E-state index < -0.39 is 0 Å². The van der Waals surface area contributed by atoms with Crippen molar-refractivity contribution in [3.63, 3.8) is 0 Å². The molecule has 0 atom stereocenters. The van der Waals surface area contributed by atoms with Crippen LogP contribution in [-0.4, -0.2) is 57.3 Å². The van der Waals surface area contributed by atoms with Crippen LogP contribution in [0.2, 0.25) is 0 Å². The van der Waals surface area contributed by atoms with Gasteiger partial charge in [0.05, 0.1) is 24.5 Å². The second kappa shape index (κ2) is 5.68. The summed E-state index contributed by atoms with van der Waals surface area (Å²) in [6.45, 7) is 2.38. The summed E-state index contributed by atoms with van der Waals surface area (Å²) in [5.41, 5.74) is 1.34. The number of nitrogens with zero attached hydrogens (tertiary/aromatic N) is 5. The molecule has 2 heterocycles. The Morgan fingerprint density at radius 3 is 2.80 bits per heavy atom. The highest BCUT2D eigenvalue weighted by Crippen LogP contribution is 2.22. The second-order valence-corrected chi connectivity index (χ2v) is 5.18. The van der Waals surface area contributed by atoms with Crippen LogP contribution in [0, 0.1) is 0 Å². The molecule has 0 radical (unpaired) electrons. The molecule has 20 heavy (non-hydrogen) atoms. The average Bonchev–Trinajstić information content (AvgIpc) is 3.02. The smallest absolute Gasteiger partial charge is 0.255 e. The largest absolute Gasteiger partial charge is 0.378 e. The maximum Gasteiger partial charge on any atom is 0.255 e. The van der Waals surface area contributed by atoms with Gasteiger partial charge in [-0.25, -0.2) is 4.68 Å². The van der Waals surface area contributed by atoms with E-state index in [0.717, 1.165) is 10.2 Å². The van der Waals surface area contributed by atoms with Crippen molar-refractivity contribution in [2.24, 2.45) is 0 Å². The van der Waals surface area contributed by atoms with E-state index in [-0.39, 0.29) is 5.91 Å². The molecule has 7 nitrogen and oxygen atoms in total. The summed E-state index contributed by atoms with van der Waals surface area (Å²) >= 11 is 3.42. The number of carbonyl (C=O) groups is 1. The predicted octanol–water partition coefficient (Wildman–Crippen LogP) is 0.897. The summed E-state index contributed by atoms with van der Waals surface area (Å²) in [4.78, 5) is 14.3. The first-order valence-electron chi connectivity index (χ1n) is 6.15. The van der Waals surface area contributed by atoms with E-state index in [1.165, 1.54) is 11.0 Å². The number of tetrazole rings is 1. The van der Waals surface area contributed by atoms with E-state index in [2.05, 4.69) is 31.5 Å². The van der Waals surface area contributed by atoms with E-state index >= 15 is 0 Å². The Hall–Kier alpha value is -1.80. The molecule has 2 aromatic rings. The van der Waals surface area contributed by atoms with Gasteiger partial charge >= 0.3 is 0 Å². The molecule has 3 rings (SSSR count). The van der Waals surface area contributed by atoms with Gasteiger partial charge in [0.25, 0.3) is 5.91 Å². The van der Waals surface area contributed by atoms with Crippen molar-refractivity contribution in [3.8, 4) is 5.69 Å². The first-order valence-corrected chi connectivity index (χ1v) is 6.95. The number of benzene rings is 1. The zero-order valence-corrected chi connectivity index (χ0v) is 12.2. The van der Waals surface area contributed by atoms with Crippen LogP contribution in [-0.2, 0) is 4.74 Å². The Labute approximate surface area is 123 Å². The lowest BCUT2D eigenvalue weighted by molar-refractivity contribution is 0.0302. The van der Waals surface area contributed by atoms with Gasteiger partial charge in [0.15, 0.2) is 0 Å². The number of morpholine rings is 1. The summed E-state index contributed by atoms with van der Waals surface area (Å²) in [6, 6.07) is 5.44. The molecular formula is C12H12BrN5O2. The molecule has 1 aliphatic heterocycles. The van der Waals surface area contributed by atoms with Crippen molar-refractivity contribution in [1.82, 2.24) is 25.1 Å². The molecule has 0 aliphatic carbocycles. The zero-order chi connectivity index (χ0) is 13.9. The van der Waals surface area contributed by atoms with Crippen molar-refractivity contribution >= 4 is 21.8 Å². The van der Waals surface area contributed by atoms with E-state index in [4.69, 9.17) is 4.74 Å². The summed E-state index contributed by atoms with van der Waals surface area (Å²) < 4.78 is 7.53. The summed E-state index contributed by atoms with van der Waals surface area (Å²) in [7, 11) is 0. The molecule has 1 aromatic carbocycles. The highest BCUT2D eigenvalue weighted by molar-refractivity contribution is 9.10. The molecule has 0 bridgehead atoms. The molecule has 1 amide bonds. The third-order valence-electron chi connectivity index (χ3n) is 3.09. The third kappa shape index (κ3) is 2.56. The van der Waals surface area contributed by atoms with Crippen molar-refractivity contribution < 1.29 is 9.53 Å². The van der Waals surface area contributed by atoms with Gasteiger partial charge in [-0.05, 0) is 44.6 Å². The Kier molecular flexibility index (Phi) is 3.75. The minimum atomic E-state index is -0.0184. The van der Waals surface area contributed by atoms with Gasteiger partial charge in [0, 0.05) is 17.6 Å². The number of hydrogen-bond acceptors (Lipinski definition) is 5. The molecule has 0 spiro atoms. The maximum absolute atomic E-state index is 12.5. The molecule has 1 aromatic heterocycles. The standard InChI is InChI=1S/C12H12BrN5O2/c13-11-2-1-9(18-8-14-15-16-18)7-10(11)12(19)17-3-5-20-6-4-17/h1-2,7-8H,3-6H2. The minimum absolute atomic E-state index is 0.0184. The van der Waals surface area contributed by atoms with Crippen LogP contribution in [0.5, 0.6) is 0 Å². The molecule has 8 heteroatoms. The summed E-state index contributed by atoms with van der Waals surface area (Å²) in [5, 5.41) is 11.0. The average molecular weight is 338 g/mol. The van der Waals surface area contributed by atoms with Crippen LogP contribution in [0.3, 0.4) is 0 Å². The lowest BCUT2D eigenvalue weighted by atomic mass is 10.1. The SMILES string of the molecule is O=C(c1cc(-n2cnnn2)ccc1Br)N1CCOCC1. The molecule has 0 saturated carbocycles. The molecule has 1 aliphatic rings. The van der Waals surface area contributed by atoms with Crippen LogP contribution in [0.25, 0.3) is 5.69 Å². The van der Waals surface area contributed by atoms with Gasteiger partial charge in [-0.1, -0.05) is 0 Å². The number of halogens is 1. The topological polar surface area (TPSA) is 73.1 Å². The highest BCUT2D eigenvalue weighted by Gasteiger charge is 2.21. The van der Waals surface area contributed by atoms with Gasteiger partial charge in [-0.3, -0.25) is 4.79 Å². The number of rotatable bonds is 2. The number of aromatic nitrogens is 4. The number of hydrogen-bond donors (Lipinski definition) is 0. The Balaban J connectivity index is 1.92. The number of ether oxygens (including phenoxy) is 1. The van der Waals surface area contributed by atoms with Crippen molar-refractivity contribution in [1.29, 1.82) is 0 Å². The Morgan fingerprint density at radius 2 is 2.10 bits per heavy atom. The van der Waals surface area contributed by atoms with Gasteiger partial charge in [0.1, 0.15) is 6.33 Å². The molecular weight excluding hydrogens is 326 g/mol. The van der Waals surface area contributed by atoms with Gasteiger partial charge < -0.3 is 9.64 Å². The lowest BCUT2D eigenvalue weighted by Crippen LogP contribution is -2.40. The molecule has 0 N–H and O–H groups in total. The fourth-order valence-corrected chi connectivity index (χ4v) is 2.45. The zero-order valence-electron chi connectivity index (χ0n) is 10.6. The van der Waals surface area contributed by atoms with E-state index in [1.807, 2.05) is 12.1 Å². The molecule has 1 fully saturated rings. The summed E-state index contributed by atoms with van der Waals surface area (Å²) in [6.07, 6.45) is 1.49. The second-order valence-electron chi connectivity index (χ2n) is 4.32. The number of carbonyl (C=O) groups excluding carboxylic acids is 1. The normalized spacial score (nSPS) is 15.3. The number of amides is 1. The maximum atomic E-state index is 12.5. The fraction of sp³-hybridized carbons (Fsp3) is 0.333. The van der Waals surface area contributed by atoms with E-state index in [0.29, 0.717) is 31.9 Å². The first kappa shape index (κ1) is 13.2. The molecule has 0 unspecified atom stereocenters.